The quantitative estimate of drug-likeness (QED) is 0.680. The lowest BCUT2D eigenvalue weighted by Gasteiger charge is -2.13. The molecule has 0 fully saturated rings. The Kier molecular flexibility index (Phi) is 4.10. The van der Waals surface area contributed by atoms with Crippen LogP contribution < -0.4 is 0 Å². The Labute approximate surface area is 80.7 Å². The molecule has 1 aromatic rings. The van der Waals surface area contributed by atoms with Crippen molar-refractivity contribution in [1.29, 1.82) is 0 Å². The molecular formula is C12H17N. The summed E-state index contributed by atoms with van der Waals surface area (Å²) in [6.07, 6.45) is 5.40. The molecule has 0 aliphatic rings. The van der Waals surface area contributed by atoms with Gasteiger partial charge in [-0.2, -0.15) is 0 Å². The van der Waals surface area contributed by atoms with Crippen LogP contribution >= 0.6 is 0 Å². The van der Waals surface area contributed by atoms with Crippen LogP contribution in [-0.2, 0) is 6.54 Å². The first-order valence-corrected chi connectivity index (χ1v) is 4.73. The summed E-state index contributed by atoms with van der Waals surface area (Å²) in [4.78, 5) is 2.19. The Balaban J connectivity index is 2.45. The van der Waals surface area contributed by atoms with Gasteiger partial charge in [0.05, 0.1) is 0 Å². The second-order valence-electron chi connectivity index (χ2n) is 3.19. The average molecular weight is 175 g/mol. The summed E-state index contributed by atoms with van der Waals surface area (Å²) in [7, 11) is 2.10. The Bertz CT molecular complexity index is 251. The molecule has 1 nitrogen and oxygen atoms in total. The molecule has 0 aliphatic carbocycles. The van der Waals surface area contributed by atoms with E-state index in [1.54, 1.807) is 0 Å². The van der Waals surface area contributed by atoms with E-state index >= 15 is 0 Å². The maximum atomic E-state index is 2.19. The van der Waals surface area contributed by atoms with Crippen LogP contribution in [0.1, 0.15) is 18.9 Å². The SMILES string of the molecule is CCC=CN(C)Cc1ccccc1. The van der Waals surface area contributed by atoms with Crippen LogP contribution in [0.15, 0.2) is 42.6 Å². The molecule has 1 aromatic carbocycles. The van der Waals surface area contributed by atoms with Gasteiger partial charge >= 0.3 is 0 Å². The smallest absolute Gasteiger partial charge is 0.0420 e. The second-order valence-corrected chi connectivity index (χ2v) is 3.19. The van der Waals surface area contributed by atoms with Gasteiger partial charge < -0.3 is 4.90 Å². The monoisotopic (exact) mass is 175 g/mol. The van der Waals surface area contributed by atoms with Crippen molar-refractivity contribution in [3.05, 3.63) is 48.2 Å². The van der Waals surface area contributed by atoms with E-state index in [1.807, 2.05) is 6.07 Å². The predicted molar refractivity (Wildman–Crippen MR) is 57.3 cm³/mol. The number of benzene rings is 1. The third-order valence-electron chi connectivity index (χ3n) is 1.87. The largest absolute Gasteiger partial charge is 0.376 e. The van der Waals surface area contributed by atoms with Crippen LogP contribution in [0.2, 0.25) is 0 Å². The number of nitrogens with zero attached hydrogens (tertiary/aromatic N) is 1. The van der Waals surface area contributed by atoms with Crippen LogP contribution in [0.5, 0.6) is 0 Å². The minimum absolute atomic E-state index is 0.983. The third-order valence-corrected chi connectivity index (χ3v) is 1.87. The van der Waals surface area contributed by atoms with Gasteiger partial charge in [-0.05, 0) is 18.2 Å². The van der Waals surface area contributed by atoms with Gasteiger partial charge in [0.1, 0.15) is 0 Å². The topological polar surface area (TPSA) is 3.24 Å². The van der Waals surface area contributed by atoms with E-state index in [2.05, 4.69) is 55.4 Å². The lowest BCUT2D eigenvalue weighted by atomic mass is 10.2. The zero-order valence-corrected chi connectivity index (χ0v) is 8.40. The summed E-state index contributed by atoms with van der Waals surface area (Å²) in [6.45, 7) is 3.13. The molecule has 13 heavy (non-hydrogen) atoms. The number of hydrogen-bond acceptors (Lipinski definition) is 1. The Hall–Kier alpha value is -1.24. The van der Waals surface area contributed by atoms with Gasteiger partial charge in [-0.1, -0.05) is 43.3 Å². The zero-order valence-electron chi connectivity index (χ0n) is 8.40. The highest BCUT2D eigenvalue weighted by molar-refractivity contribution is 5.14. The van der Waals surface area contributed by atoms with Gasteiger partial charge in [0.2, 0.25) is 0 Å². The fraction of sp³-hybridized carbons (Fsp3) is 0.333. The van der Waals surface area contributed by atoms with Crippen LogP contribution in [0.3, 0.4) is 0 Å². The van der Waals surface area contributed by atoms with Crippen molar-refractivity contribution in [2.45, 2.75) is 19.9 Å². The van der Waals surface area contributed by atoms with Gasteiger partial charge in [0.15, 0.2) is 0 Å². The van der Waals surface area contributed by atoms with Crippen molar-refractivity contribution in [2.75, 3.05) is 7.05 Å². The molecule has 0 atom stereocenters. The fourth-order valence-electron chi connectivity index (χ4n) is 1.21. The Morgan fingerprint density at radius 3 is 2.54 bits per heavy atom. The predicted octanol–water partition coefficient (Wildman–Crippen LogP) is 3.04. The van der Waals surface area contributed by atoms with Gasteiger partial charge in [0, 0.05) is 13.6 Å². The van der Waals surface area contributed by atoms with E-state index in [0.717, 1.165) is 13.0 Å². The molecule has 0 saturated heterocycles. The van der Waals surface area contributed by atoms with Crippen molar-refractivity contribution in [3.63, 3.8) is 0 Å². The number of rotatable bonds is 4. The lowest BCUT2D eigenvalue weighted by Crippen LogP contribution is -2.09. The molecule has 0 spiro atoms. The molecule has 0 bridgehead atoms. The van der Waals surface area contributed by atoms with Gasteiger partial charge in [-0.25, -0.2) is 0 Å². The van der Waals surface area contributed by atoms with E-state index in [4.69, 9.17) is 0 Å². The molecule has 0 aromatic heterocycles. The Morgan fingerprint density at radius 2 is 1.92 bits per heavy atom. The summed E-state index contributed by atoms with van der Waals surface area (Å²) in [5, 5.41) is 0. The first kappa shape index (κ1) is 9.85. The normalized spacial score (nSPS) is 10.6. The highest BCUT2D eigenvalue weighted by Crippen LogP contribution is 2.02. The molecule has 0 saturated carbocycles. The minimum atomic E-state index is 0.983. The highest BCUT2D eigenvalue weighted by atomic mass is 15.1. The van der Waals surface area contributed by atoms with E-state index in [0.29, 0.717) is 0 Å². The molecule has 0 unspecified atom stereocenters. The van der Waals surface area contributed by atoms with Crippen molar-refractivity contribution < 1.29 is 0 Å². The van der Waals surface area contributed by atoms with Crippen LogP contribution in [0.25, 0.3) is 0 Å². The maximum Gasteiger partial charge on any atom is 0.0420 e. The molecule has 0 amide bonds. The van der Waals surface area contributed by atoms with Crippen molar-refractivity contribution in [1.82, 2.24) is 4.90 Å². The zero-order chi connectivity index (χ0) is 9.52. The Morgan fingerprint density at radius 1 is 1.23 bits per heavy atom. The second kappa shape index (κ2) is 5.41. The molecule has 0 radical (unpaired) electrons. The summed E-state index contributed by atoms with van der Waals surface area (Å²) in [5.41, 5.74) is 1.35. The summed E-state index contributed by atoms with van der Waals surface area (Å²) >= 11 is 0. The van der Waals surface area contributed by atoms with Crippen molar-refractivity contribution in [2.24, 2.45) is 0 Å². The lowest BCUT2D eigenvalue weighted by molar-refractivity contribution is 0.449. The third kappa shape index (κ3) is 3.79. The van der Waals surface area contributed by atoms with Crippen LogP contribution in [-0.4, -0.2) is 11.9 Å². The molecular weight excluding hydrogens is 158 g/mol. The molecule has 1 heteroatoms. The molecule has 0 N–H and O–H groups in total. The summed E-state index contributed by atoms with van der Waals surface area (Å²) in [6, 6.07) is 10.5. The average Bonchev–Trinajstić information content (AvgIpc) is 2.16. The van der Waals surface area contributed by atoms with E-state index in [-0.39, 0.29) is 0 Å². The first-order chi connectivity index (χ1) is 6.33. The highest BCUT2D eigenvalue weighted by Gasteiger charge is 1.92. The molecule has 0 aliphatic heterocycles. The van der Waals surface area contributed by atoms with Crippen molar-refractivity contribution >= 4 is 0 Å². The minimum Gasteiger partial charge on any atom is -0.376 e. The summed E-state index contributed by atoms with van der Waals surface area (Å²) in [5.74, 6) is 0. The number of hydrogen-bond donors (Lipinski definition) is 0. The maximum absolute atomic E-state index is 2.19. The van der Waals surface area contributed by atoms with Crippen LogP contribution in [0, 0.1) is 0 Å². The standard InChI is InChI=1S/C12H17N/c1-3-4-10-13(2)11-12-8-6-5-7-9-12/h4-10H,3,11H2,1-2H3. The molecule has 1 rings (SSSR count). The molecule has 70 valence electrons. The van der Waals surface area contributed by atoms with E-state index < -0.39 is 0 Å². The van der Waals surface area contributed by atoms with Gasteiger partial charge in [0.25, 0.3) is 0 Å². The fourth-order valence-corrected chi connectivity index (χ4v) is 1.21. The number of allylic oxidation sites excluding steroid dienone is 1. The summed E-state index contributed by atoms with van der Waals surface area (Å²) < 4.78 is 0. The van der Waals surface area contributed by atoms with Crippen molar-refractivity contribution in [3.8, 4) is 0 Å². The molecule has 0 heterocycles. The van der Waals surface area contributed by atoms with Crippen LogP contribution in [0.4, 0.5) is 0 Å². The van der Waals surface area contributed by atoms with E-state index in [9.17, 15) is 0 Å². The van der Waals surface area contributed by atoms with E-state index in [1.165, 1.54) is 5.56 Å². The van der Waals surface area contributed by atoms with Gasteiger partial charge in [-0.3, -0.25) is 0 Å². The first-order valence-electron chi connectivity index (χ1n) is 4.73. The van der Waals surface area contributed by atoms with Gasteiger partial charge in [-0.15, -0.1) is 0 Å².